The molecule has 2 aromatic carbocycles. The molecule has 1 saturated heterocycles. The molecule has 0 spiro atoms. The Morgan fingerprint density at radius 3 is 2.77 bits per heavy atom. The van der Waals surface area contributed by atoms with Crippen molar-refractivity contribution >= 4 is 29.1 Å². The van der Waals surface area contributed by atoms with E-state index in [2.05, 4.69) is 5.32 Å². The summed E-state index contributed by atoms with van der Waals surface area (Å²) in [5, 5.41) is 3.71. The second-order valence-corrected chi connectivity index (χ2v) is 8.94. The van der Waals surface area contributed by atoms with E-state index in [0.717, 1.165) is 42.7 Å². The number of hydrogen-bond donors (Lipinski definition) is 1. The molecule has 4 rings (SSSR count). The first-order valence-corrected chi connectivity index (χ1v) is 11.4. The monoisotopic (exact) mass is 440 g/mol. The molecule has 2 aromatic rings. The average molecular weight is 441 g/mol. The zero-order valence-corrected chi connectivity index (χ0v) is 18.6. The summed E-state index contributed by atoms with van der Waals surface area (Å²) in [4.78, 5) is 28.0. The van der Waals surface area contributed by atoms with Crippen LogP contribution in [0.1, 0.15) is 37.7 Å². The fourth-order valence-corrected chi connectivity index (χ4v) is 5.17. The highest BCUT2D eigenvalue weighted by molar-refractivity contribution is 6.30. The number of halogens is 1. The van der Waals surface area contributed by atoms with Crippen LogP contribution < -0.4 is 15.0 Å². The largest absolute Gasteiger partial charge is 0.497 e. The molecular weight excluding hydrogens is 412 g/mol. The fourth-order valence-electron chi connectivity index (χ4n) is 4.99. The van der Waals surface area contributed by atoms with Gasteiger partial charge >= 0.3 is 0 Å². The van der Waals surface area contributed by atoms with Crippen LogP contribution in [0.5, 0.6) is 5.75 Å². The number of fused-ring (bicyclic) bond motifs is 1. The molecule has 1 aliphatic heterocycles. The number of benzene rings is 2. The van der Waals surface area contributed by atoms with E-state index in [1.54, 1.807) is 13.2 Å². The fraction of sp³-hybridized carbons (Fsp3) is 0.440. The number of carbonyl (C=O) groups is 2. The minimum absolute atomic E-state index is 0.0136. The Morgan fingerprint density at radius 1 is 1.16 bits per heavy atom. The van der Waals surface area contributed by atoms with Crippen LogP contribution in [0.3, 0.4) is 0 Å². The zero-order valence-electron chi connectivity index (χ0n) is 17.9. The number of rotatable bonds is 6. The topological polar surface area (TPSA) is 58.6 Å². The van der Waals surface area contributed by atoms with Crippen molar-refractivity contribution < 1.29 is 14.3 Å². The quantitative estimate of drug-likeness (QED) is 0.713. The third-order valence-corrected chi connectivity index (χ3v) is 6.78. The van der Waals surface area contributed by atoms with Crippen molar-refractivity contribution in [2.45, 2.75) is 44.6 Å². The molecule has 3 atom stereocenters. The Morgan fingerprint density at radius 2 is 1.97 bits per heavy atom. The second-order valence-electron chi connectivity index (χ2n) is 8.50. The number of methoxy groups -OCH3 is 1. The SMILES string of the molecule is COc1cccc(CCN(C(=O)C2CC(=O)NC3CCCCC32)c2cccc(Cl)c2)c1. The van der Waals surface area contributed by atoms with Crippen LogP contribution in [0, 0.1) is 11.8 Å². The Balaban J connectivity index is 1.60. The maximum absolute atomic E-state index is 13.8. The maximum Gasteiger partial charge on any atom is 0.230 e. The number of ether oxygens (including phenoxy) is 1. The Hall–Kier alpha value is -2.53. The molecule has 1 N–H and O–H groups in total. The second kappa shape index (κ2) is 9.73. The summed E-state index contributed by atoms with van der Waals surface area (Å²) in [6, 6.07) is 15.4. The first kappa shape index (κ1) is 21.7. The summed E-state index contributed by atoms with van der Waals surface area (Å²) < 4.78 is 5.33. The lowest BCUT2D eigenvalue weighted by Crippen LogP contribution is -2.55. The molecule has 31 heavy (non-hydrogen) atoms. The summed E-state index contributed by atoms with van der Waals surface area (Å²) in [7, 11) is 1.65. The van der Waals surface area contributed by atoms with E-state index < -0.39 is 0 Å². The highest BCUT2D eigenvalue weighted by Gasteiger charge is 2.43. The molecule has 2 amide bonds. The first-order valence-electron chi connectivity index (χ1n) is 11.0. The molecule has 3 unspecified atom stereocenters. The van der Waals surface area contributed by atoms with Gasteiger partial charge in [-0.3, -0.25) is 9.59 Å². The standard InChI is InChI=1S/C25H29ClN2O3/c1-31-20-9-4-6-17(14-20)12-13-28(19-8-5-7-18(26)15-19)25(30)22-16-24(29)27-23-11-3-2-10-21(22)23/h4-9,14-15,21-23H,2-3,10-13,16H2,1H3,(H,27,29). The van der Waals surface area contributed by atoms with Crippen LogP contribution in [0.4, 0.5) is 5.69 Å². The summed E-state index contributed by atoms with van der Waals surface area (Å²) in [6.45, 7) is 0.516. The maximum atomic E-state index is 13.8. The van der Waals surface area contributed by atoms with Gasteiger partial charge in [0.15, 0.2) is 0 Å². The molecule has 0 aromatic heterocycles. The normalized spacial score (nSPS) is 22.9. The Labute approximate surface area is 188 Å². The molecule has 6 heteroatoms. The van der Waals surface area contributed by atoms with Gasteiger partial charge in [-0.25, -0.2) is 0 Å². The number of nitrogens with one attached hydrogen (secondary N) is 1. The van der Waals surface area contributed by atoms with Crippen LogP contribution >= 0.6 is 11.6 Å². The smallest absolute Gasteiger partial charge is 0.230 e. The number of amides is 2. The molecule has 2 aliphatic rings. The molecular formula is C25H29ClN2O3. The van der Waals surface area contributed by atoms with E-state index in [4.69, 9.17) is 16.3 Å². The van der Waals surface area contributed by atoms with Crippen molar-refractivity contribution in [3.63, 3.8) is 0 Å². The molecule has 1 heterocycles. The van der Waals surface area contributed by atoms with E-state index in [0.29, 0.717) is 18.0 Å². The minimum Gasteiger partial charge on any atom is -0.497 e. The van der Waals surface area contributed by atoms with E-state index in [1.165, 1.54) is 0 Å². The van der Waals surface area contributed by atoms with Crippen molar-refractivity contribution in [3.05, 3.63) is 59.1 Å². The summed E-state index contributed by atoms with van der Waals surface area (Å²) in [5.41, 5.74) is 1.87. The summed E-state index contributed by atoms with van der Waals surface area (Å²) >= 11 is 6.25. The van der Waals surface area contributed by atoms with E-state index >= 15 is 0 Å². The van der Waals surface area contributed by atoms with Crippen LogP contribution in [0.2, 0.25) is 5.02 Å². The van der Waals surface area contributed by atoms with Gasteiger partial charge in [0.05, 0.1) is 13.0 Å². The lowest BCUT2D eigenvalue weighted by molar-refractivity contribution is -0.135. The highest BCUT2D eigenvalue weighted by Crippen LogP contribution is 2.37. The van der Waals surface area contributed by atoms with Gasteiger partial charge in [0.25, 0.3) is 0 Å². The van der Waals surface area contributed by atoms with E-state index in [-0.39, 0.29) is 36.1 Å². The van der Waals surface area contributed by atoms with Crippen LogP contribution in [0.25, 0.3) is 0 Å². The number of piperidine rings is 1. The van der Waals surface area contributed by atoms with Gasteiger partial charge in [0, 0.05) is 29.7 Å². The van der Waals surface area contributed by atoms with Gasteiger partial charge in [-0.1, -0.05) is 42.6 Å². The van der Waals surface area contributed by atoms with Crippen molar-refractivity contribution in [1.29, 1.82) is 0 Å². The van der Waals surface area contributed by atoms with Crippen LogP contribution in [-0.2, 0) is 16.0 Å². The number of hydrogen-bond acceptors (Lipinski definition) is 3. The van der Waals surface area contributed by atoms with Gasteiger partial charge in [0.1, 0.15) is 5.75 Å². The van der Waals surface area contributed by atoms with Gasteiger partial charge < -0.3 is 15.0 Å². The third-order valence-electron chi connectivity index (χ3n) is 6.55. The summed E-state index contributed by atoms with van der Waals surface area (Å²) in [6.07, 6.45) is 5.11. The summed E-state index contributed by atoms with van der Waals surface area (Å²) in [5.74, 6) is 0.727. The van der Waals surface area contributed by atoms with Crippen LogP contribution in [0.15, 0.2) is 48.5 Å². The molecule has 0 bridgehead atoms. The molecule has 1 saturated carbocycles. The van der Waals surface area contributed by atoms with Gasteiger partial charge in [-0.05, 0) is 61.1 Å². The van der Waals surface area contributed by atoms with Crippen LogP contribution in [-0.4, -0.2) is 31.5 Å². The lowest BCUT2D eigenvalue weighted by atomic mass is 9.72. The van der Waals surface area contributed by atoms with Crippen molar-refractivity contribution in [2.75, 3.05) is 18.6 Å². The predicted octanol–water partition coefficient (Wildman–Crippen LogP) is 4.62. The van der Waals surface area contributed by atoms with Gasteiger partial charge in [0.2, 0.25) is 11.8 Å². The number of nitrogens with zero attached hydrogens (tertiary/aromatic N) is 1. The Bertz CT molecular complexity index is 948. The molecule has 5 nitrogen and oxygen atoms in total. The van der Waals surface area contributed by atoms with Crippen molar-refractivity contribution in [1.82, 2.24) is 5.32 Å². The van der Waals surface area contributed by atoms with Crippen molar-refractivity contribution in [3.8, 4) is 5.75 Å². The van der Waals surface area contributed by atoms with Gasteiger partial charge in [-0.15, -0.1) is 0 Å². The zero-order chi connectivity index (χ0) is 21.8. The molecule has 0 radical (unpaired) electrons. The minimum atomic E-state index is -0.289. The predicted molar refractivity (Wildman–Crippen MR) is 122 cm³/mol. The van der Waals surface area contributed by atoms with Crippen molar-refractivity contribution in [2.24, 2.45) is 11.8 Å². The third kappa shape index (κ3) is 5.04. The molecule has 2 fully saturated rings. The number of carbonyl (C=O) groups excluding carboxylic acids is 2. The first-order chi connectivity index (χ1) is 15.0. The highest BCUT2D eigenvalue weighted by atomic mass is 35.5. The lowest BCUT2D eigenvalue weighted by Gasteiger charge is -2.42. The molecule has 1 aliphatic carbocycles. The number of anilines is 1. The van der Waals surface area contributed by atoms with Gasteiger partial charge in [-0.2, -0.15) is 0 Å². The average Bonchev–Trinajstić information content (AvgIpc) is 2.78. The molecule has 164 valence electrons. The van der Waals surface area contributed by atoms with E-state index in [9.17, 15) is 9.59 Å². The van der Waals surface area contributed by atoms with E-state index in [1.807, 2.05) is 47.4 Å². The Kier molecular flexibility index (Phi) is 6.81.